The van der Waals surface area contributed by atoms with Gasteiger partial charge in [0.05, 0.1) is 10.8 Å². The van der Waals surface area contributed by atoms with Gasteiger partial charge in [-0.15, -0.1) is 0 Å². The molecular formula is C16H19BrF2N2O3S. The van der Waals surface area contributed by atoms with Crippen molar-refractivity contribution in [3.8, 4) is 0 Å². The zero-order valence-corrected chi connectivity index (χ0v) is 15.9. The first-order valence-electron chi connectivity index (χ1n) is 8.11. The first-order valence-corrected chi connectivity index (χ1v) is 10.3. The van der Waals surface area contributed by atoms with Crippen molar-refractivity contribution in [3.63, 3.8) is 0 Å². The molecule has 2 saturated heterocycles. The van der Waals surface area contributed by atoms with E-state index >= 15 is 0 Å². The number of rotatable bonds is 3. The lowest BCUT2D eigenvalue weighted by atomic mass is 10.0. The van der Waals surface area contributed by atoms with Gasteiger partial charge in [-0.3, -0.25) is 4.79 Å². The number of alkyl halides is 2. The van der Waals surface area contributed by atoms with Crippen LogP contribution in [0.25, 0.3) is 0 Å². The van der Waals surface area contributed by atoms with E-state index in [0.717, 1.165) is 0 Å². The van der Waals surface area contributed by atoms with E-state index in [1.165, 1.54) is 21.3 Å². The van der Waals surface area contributed by atoms with Crippen LogP contribution in [0.2, 0.25) is 0 Å². The number of amides is 1. The van der Waals surface area contributed by atoms with Gasteiger partial charge >= 0.3 is 0 Å². The third kappa shape index (κ3) is 4.03. The number of halogens is 3. The topological polar surface area (TPSA) is 57.7 Å². The summed E-state index contributed by atoms with van der Waals surface area (Å²) in [6.45, 7) is 0.414. The molecular weight excluding hydrogens is 418 g/mol. The van der Waals surface area contributed by atoms with E-state index in [-0.39, 0.29) is 49.8 Å². The Morgan fingerprint density at radius 1 is 1.20 bits per heavy atom. The molecule has 1 aromatic carbocycles. The molecule has 9 heteroatoms. The van der Waals surface area contributed by atoms with Crippen LogP contribution < -0.4 is 0 Å². The second-order valence-electron chi connectivity index (χ2n) is 6.49. The van der Waals surface area contributed by atoms with Gasteiger partial charge in [0.15, 0.2) is 0 Å². The van der Waals surface area contributed by atoms with Crippen LogP contribution in [0.4, 0.5) is 8.78 Å². The number of carbonyl (C=O) groups excluding carboxylic acids is 1. The predicted octanol–water partition coefficient (Wildman–Crippen LogP) is 2.72. The van der Waals surface area contributed by atoms with Crippen molar-refractivity contribution in [1.82, 2.24) is 9.21 Å². The second-order valence-corrected chi connectivity index (χ2v) is 9.34. The van der Waals surface area contributed by atoms with Crippen LogP contribution in [0.3, 0.4) is 0 Å². The Bertz CT molecular complexity index is 762. The molecule has 0 aromatic heterocycles. The highest BCUT2D eigenvalue weighted by atomic mass is 79.9. The molecule has 1 aromatic rings. The van der Waals surface area contributed by atoms with Crippen LogP contribution in [0.1, 0.15) is 19.3 Å². The number of carbonyl (C=O) groups is 1. The van der Waals surface area contributed by atoms with E-state index in [9.17, 15) is 22.0 Å². The first kappa shape index (κ1) is 18.7. The number of piperidine rings is 1. The average Bonchev–Trinajstić information content (AvgIpc) is 3.05. The first-order chi connectivity index (χ1) is 11.7. The molecule has 0 radical (unpaired) electrons. The molecule has 138 valence electrons. The zero-order chi connectivity index (χ0) is 18.2. The quantitative estimate of drug-likeness (QED) is 0.731. The monoisotopic (exact) mass is 436 g/mol. The van der Waals surface area contributed by atoms with E-state index in [1.54, 1.807) is 12.1 Å². The summed E-state index contributed by atoms with van der Waals surface area (Å²) in [5.74, 6) is -3.39. The van der Waals surface area contributed by atoms with E-state index in [0.29, 0.717) is 10.9 Å². The maximum absolute atomic E-state index is 13.2. The fraction of sp³-hybridized carbons (Fsp3) is 0.562. The van der Waals surface area contributed by atoms with Gasteiger partial charge in [0, 0.05) is 43.5 Å². The van der Waals surface area contributed by atoms with Crippen molar-refractivity contribution >= 4 is 31.9 Å². The number of nitrogens with zero attached hydrogens (tertiary/aromatic N) is 2. The lowest BCUT2D eigenvalue weighted by Gasteiger charge is -2.33. The van der Waals surface area contributed by atoms with Gasteiger partial charge in [-0.05, 0) is 24.6 Å². The molecule has 1 atom stereocenters. The van der Waals surface area contributed by atoms with E-state index in [4.69, 9.17) is 0 Å². The fourth-order valence-electron chi connectivity index (χ4n) is 3.24. The fourth-order valence-corrected chi connectivity index (χ4v) is 5.33. The van der Waals surface area contributed by atoms with Crippen LogP contribution in [0, 0.1) is 5.92 Å². The third-order valence-corrected chi connectivity index (χ3v) is 7.10. The summed E-state index contributed by atoms with van der Waals surface area (Å²) >= 11 is 3.25. The van der Waals surface area contributed by atoms with Gasteiger partial charge in [0.25, 0.3) is 5.92 Å². The van der Waals surface area contributed by atoms with Crippen LogP contribution in [0.15, 0.2) is 33.6 Å². The van der Waals surface area contributed by atoms with Crippen molar-refractivity contribution in [2.45, 2.75) is 30.1 Å². The SMILES string of the molecule is O=C(C1CCN(S(=O)(=O)c2cccc(Br)c2)C1)N1CCC(F)(F)CC1. The van der Waals surface area contributed by atoms with Gasteiger partial charge in [0.2, 0.25) is 15.9 Å². The van der Waals surface area contributed by atoms with Crippen molar-refractivity contribution in [2.75, 3.05) is 26.2 Å². The Hall–Kier alpha value is -1.06. The van der Waals surface area contributed by atoms with Gasteiger partial charge in [0.1, 0.15) is 0 Å². The molecule has 2 heterocycles. The summed E-state index contributed by atoms with van der Waals surface area (Å²) < 4.78 is 53.8. The summed E-state index contributed by atoms with van der Waals surface area (Å²) in [5.41, 5.74) is 0. The van der Waals surface area contributed by atoms with Gasteiger partial charge in [-0.1, -0.05) is 22.0 Å². The number of sulfonamides is 1. The van der Waals surface area contributed by atoms with Crippen molar-refractivity contribution in [2.24, 2.45) is 5.92 Å². The minimum absolute atomic E-state index is 0.0285. The van der Waals surface area contributed by atoms with Gasteiger partial charge < -0.3 is 4.90 Å². The summed E-state index contributed by atoms with van der Waals surface area (Å²) in [7, 11) is -3.66. The third-order valence-electron chi connectivity index (χ3n) is 4.74. The Morgan fingerprint density at radius 3 is 2.52 bits per heavy atom. The zero-order valence-electron chi connectivity index (χ0n) is 13.5. The minimum atomic E-state index is -3.66. The molecule has 2 fully saturated rings. The molecule has 1 amide bonds. The van der Waals surface area contributed by atoms with Crippen molar-refractivity contribution < 1.29 is 22.0 Å². The standard InChI is InChI=1S/C16H19BrF2N2O3S/c17-13-2-1-3-14(10-13)25(23,24)21-7-4-12(11-21)15(22)20-8-5-16(18,19)6-9-20/h1-3,10,12H,4-9,11H2. The average molecular weight is 437 g/mol. The molecule has 3 rings (SSSR count). The Balaban J connectivity index is 1.66. The Morgan fingerprint density at radius 2 is 1.88 bits per heavy atom. The summed E-state index contributed by atoms with van der Waals surface area (Å²) in [5, 5.41) is 0. The molecule has 25 heavy (non-hydrogen) atoms. The predicted molar refractivity (Wildman–Crippen MR) is 91.8 cm³/mol. The molecule has 0 bridgehead atoms. The largest absolute Gasteiger partial charge is 0.342 e. The maximum atomic E-state index is 13.2. The number of hydrogen-bond donors (Lipinski definition) is 0. The molecule has 0 saturated carbocycles. The van der Waals surface area contributed by atoms with E-state index in [2.05, 4.69) is 15.9 Å². The minimum Gasteiger partial charge on any atom is -0.342 e. The van der Waals surface area contributed by atoms with Crippen LogP contribution >= 0.6 is 15.9 Å². The highest BCUT2D eigenvalue weighted by molar-refractivity contribution is 9.10. The molecule has 1 unspecified atom stereocenters. The number of hydrogen-bond acceptors (Lipinski definition) is 3. The number of likely N-dealkylation sites (tertiary alicyclic amines) is 1. The lowest BCUT2D eigenvalue weighted by Crippen LogP contribution is -2.45. The van der Waals surface area contributed by atoms with E-state index < -0.39 is 21.9 Å². The Labute approximate surface area is 154 Å². The Kier molecular flexibility index (Phi) is 5.18. The molecule has 2 aliphatic heterocycles. The normalized spacial score (nSPS) is 24.4. The summed E-state index contributed by atoms with van der Waals surface area (Å²) in [6, 6.07) is 6.42. The molecule has 0 N–H and O–H groups in total. The van der Waals surface area contributed by atoms with Crippen molar-refractivity contribution in [1.29, 1.82) is 0 Å². The van der Waals surface area contributed by atoms with Gasteiger partial charge in [-0.2, -0.15) is 4.31 Å². The van der Waals surface area contributed by atoms with Gasteiger partial charge in [-0.25, -0.2) is 17.2 Å². The highest BCUT2D eigenvalue weighted by Gasteiger charge is 2.41. The highest BCUT2D eigenvalue weighted by Crippen LogP contribution is 2.31. The number of benzene rings is 1. The molecule has 2 aliphatic rings. The molecule has 5 nitrogen and oxygen atoms in total. The summed E-state index contributed by atoms with van der Waals surface area (Å²) in [6.07, 6.45) is -0.240. The van der Waals surface area contributed by atoms with E-state index in [1.807, 2.05) is 0 Å². The summed E-state index contributed by atoms with van der Waals surface area (Å²) in [4.78, 5) is 14.1. The lowest BCUT2D eigenvalue weighted by molar-refractivity contribution is -0.141. The van der Waals surface area contributed by atoms with Crippen LogP contribution in [-0.2, 0) is 14.8 Å². The van der Waals surface area contributed by atoms with Crippen molar-refractivity contribution in [3.05, 3.63) is 28.7 Å². The second kappa shape index (κ2) is 6.92. The molecule has 0 aliphatic carbocycles. The van der Waals surface area contributed by atoms with Crippen LogP contribution in [0.5, 0.6) is 0 Å². The maximum Gasteiger partial charge on any atom is 0.251 e. The van der Waals surface area contributed by atoms with Crippen LogP contribution in [-0.4, -0.2) is 55.6 Å². The smallest absolute Gasteiger partial charge is 0.251 e. The molecule has 0 spiro atoms.